The number of rotatable bonds is 8. The molecule has 5 nitrogen and oxygen atoms in total. The van der Waals surface area contributed by atoms with E-state index in [0.717, 1.165) is 56.2 Å². The molecule has 0 saturated carbocycles. The van der Waals surface area contributed by atoms with E-state index in [1.54, 1.807) is 18.4 Å². The van der Waals surface area contributed by atoms with Crippen LogP contribution in [0.2, 0.25) is 0 Å². The van der Waals surface area contributed by atoms with Gasteiger partial charge in [0.05, 0.1) is 23.9 Å². The van der Waals surface area contributed by atoms with Crippen molar-refractivity contribution in [1.82, 2.24) is 15.6 Å². The van der Waals surface area contributed by atoms with Crippen LogP contribution in [0.3, 0.4) is 0 Å². The third kappa shape index (κ3) is 5.60. The first-order valence-electron chi connectivity index (χ1n) is 10.5. The van der Waals surface area contributed by atoms with Crippen LogP contribution in [-0.4, -0.2) is 31.1 Å². The van der Waals surface area contributed by atoms with E-state index in [4.69, 9.17) is 9.72 Å². The molecule has 6 heteroatoms. The Labute approximate surface area is 182 Å². The van der Waals surface area contributed by atoms with Gasteiger partial charge in [-0.15, -0.1) is 11.3 Å². The van der Waals surface area contributed by atoms with E-state index in [-0.39, 0.29) is 0 Å². The lowest BCUT2D eigenvalue weighted by atomic mass is 10.1. The predicted octanol–water partition coefficient (Wildman–Crippen LogP) is 3.77. The zero-order chi connectivity index (χ0) is 20.6. The van der Waals surface area contributed by atoms with E-state index in [1.807, 2.05) is 0 Å². The number of guanidine groups is 1. The predicted molar refractivity (Wildman–Crippen MR) is 124 cm³/mol. The van der Waals surface area contributed by atoms with Crippen molar-refractivity contribution >= 4 is 17.3 Å². The largest absolute Gasteiger partial charge is 0.493 e. The van der Waals surface area contributed by atoms with Crippen LogP contribution in [0.1, 0.15) is 27.4 Å². The molecule has 1 aliphatic rings. The Kier molecular flexibility index (Phi) is 6.98. The maximum atomic E-state index is 5.58. The van der Waals surface area contributed by atoms with Gasteiger partial charge in [0.25, 0.3) is 0 Å². The molecule has 0 unspecified atom stereocenters. The number of ether oxygens (including phenoxy) is 1. The number of aryl methyl sites for hydroxylation is 2. The zero-order valence-electron chi connectivity index (χ0n) is 17.4. The van der Waals surface area contributed by atoms with E-state index in [9.17, 15) is 0 Å². The summed E-state index contributed by atoms with van der Waals surface area (Å²) in [4.78, 5) is 9.08. The maximum Gasteiger partial charge on any atom is 0.191 e. The summed E-state index contributed by atoms with van der Waals surface area (Å²) in [5.74, 6) is 1.84. The minimum atomic E-state index is 0.678. The zero-order valence-corrected chi connectivity index (χ0v) is 18.2. The van der Waals surface area contributed by atoms with Crippen molar-refractivity contribution in [1.29, 1.82) is 0 Å². The van der Waals surface area contributed by atoms with Gasteiger partial charge in [-0.25, -0.2) is 4.98 Å². The van der Waals surface area contributed by atoms with Crippen LogP contribution in [0.25, 0.3) is 0 Å². The summed E-state index contributed by atoms with van der Waals surface area (Å²) in [6.07, 6.45) is 3.97. The lowest BCUT2D eigenvalue weighted by Crippen LogP contribution is -2.37. The molecule has 0 saturated heterocycles. The molecule has 0 radical (unpaired) electrons. The van der Waals surface area contributed by atoms with Gasteiger partial charge >= 0.3 is 0 Å². The van der Waals surface area contributed by atoms with Crippen LogP contribution in [0.5, 0.6) is 5.75 Å². The minimum absolute atomic E-state index is 0.678. The quantitative estimate of drug-likeness (QED) is 0.430. The summed E-state index contributed by atoms with van der Waals surface area (Å²) in [5.41, 5.74) is 5.06. The summed E-state index contributed by atoms with van der Waals surface area (Å²) in [7, 11) is 1.80. The molecule has 3 aromatic rings. The van der Waals surface area contributed by atoms with Gasteiger partial charge in [0.2, 0.25) is 0 Å². The van der Waals surface area contributed by atoms with Gasteiger partial charge < -0.3 is 15.4 Å². The van der Waals surface area contributed by atoms with Crippen molar-refractivity contribution in [3.63, 3.8) is 0 Å². The van der Waals surface area contributed by atoms with Crippen LogP contribution < -0.4 is 15.4 Å². The smallest absolute Gasteiger partial charge is 0.191 e. The number of hydrogen-bond acceptors (Lipinski definition) is 4. The van der Waals surface area contributed by atoms with Crippen molar-refractivity contribution in [2.24, 2.45) is 4.99 Å². The lowest BCUT2D eigenvalue weighted by molar-refractivity contribution is 0.357. The standard InChI is InChI=1S/C24H28N4OS/c1-25-24(26-13-11-19-7-9-22-20(15-19)12-14-29-22)27-16-21-17-30-23(28-21)10-8-18-5-3-2-4-6-18/h2-7,9,15,17H,8,10-14,16H2,1H3,(H2,25,26,27). The van der Waals surface area contributed by atoms with Gasteiger partial charge in [0.1, 0.15) is 5.75 Å². The molecule has 2 aromatic carbocycles. The monoisotopic (exact) mass is 420 g/mol. The Morgan fingerprint density at radius 3 is 2.83 bits per heavy atom. The van der Waals surface area contributed by atoms with Crippen molar-refractivity contribution in [2.75, 3.05) is 20.2 Å². The highest BCUT2D eigenvalue weighted by atomic mass is 32.1. The fraction of sp³-hybridized carbons (Fsp3) is 0.333. The van der Waals surface area contributed by atoms with E-state index in [0.29, 0.717) is 6.54 Å². The van der Waals surface area contributed by atoms with Crippen molar-refractivity contribution in [2.45, 2.75) is 32.2 Å². The Bertz CT molecular complexity index is 984. The normalized spacial score (nSPS) is 13.0. The van der Waals surface area contributed by atoms with Crippen LogP contribution in [0, 0.1) is 0 Å². The highest BCUT2D eigenvalue weighted by Gasteiger charge is 2.12. The number of nitrogens with one attached hydrogen (secondary N) is 2. The molecule has 0 bridgehead atoms. The molecule has 4 rings (SSSR count). The number of fused-ring (bicyclic) bond motifs is 1. The number of aliphatic imine (C=N–C) groups is 1. The SMILES string of the molecule is CN=C(NCCc1ccc2c(c1)CCO2)NCc1csc(CCc2ccccc2)n1. The summed E-state index contributed by atoms with van der Waals surface area (Å²) in [6.45, 7) is 2.31. The minimum Gasteiger partial charge on any atom is -0.493 e. The summed E-state index contributed by atoms with van der Waals surface area (Å²) >= 11 is 1.73. The maximum absolute atomic E-state index is 5.58. The van der Waals surface area contributed by atoms with Crippen molar-refractivity contribution in [3.05, 3.63) is 81.3 Å². The van der Waals surface area contributed by atoms with Gasteiger partial charge in [0, 0.05) is 31.8 Å². The first-order valence-corrected chi connectivity index (χ1v) is 11.3. The molecule has 0 atom stereocenters. The topological polar surface area (TPSA) is 58.5 Å². The van der Waals surface area contributed by atoms with E-state index in [2.05, 4.69) is 69.5 Å². The summed E-state index contributed by atoms with van der Waals surface area (Å²) in [5, 5.41) is 10.1. The highest BCUT2D eigenvalue weighted by Crippen LogP contribution is 2.25. The van der Waals surface area contributed by atoms with E-state index in [1.165, 1.54) is 21.7 Å². The van der Waals surface area contributed by atoms with Gasteiger partial charge in [-0.2, -0.15) is 0 Å². The Morgan fingerprint density at radius 2 is 1.97 bits per heavy atom. The number of hydrogen-bond donors (Lipinski definition) is 2. The molecule has 0 aliphatic carbocycles. The van der Waals surface area contributed by atoms with E-state index < -0.39 is 0 Å². The molecule has 1 aliphatic heterocycles. The van der Waals surface area contributed by atoms with E-state index >= 15 is 0 Å². The van der Waals surface area contributed by atoms with Crippen LogP contribution in [-0.2, 0) is 32.2 Å². The Balaban J connectivity index is 1.19. The molecular formula is C24H28N4OS. The fourth-order valence-corrected chi connectivity index (χ4v) is 4.35. The number of benzene rings is 2. The second-order valence-electron chi connectivity index (χ2n) is 7.36. The van der Waals surface area contributed by atoms with Gasteiger partial charge in [-0.1, -0.05) is 42.5 Å². The molecule has 0 fully saturated rings. The molecule has 2 N–H and O–H groups in total. The van der Waals surface area contributed by atoms with Gasteiger partial charge in [0.15, 0.2) is 5.96 Å². The summed E-state index contributed by atoms with van der Waals surface area (Å²) < 4.78 is 5.58. The van der Waals surface area contributed by atoms with Crippen LogP contribution in [0.15, 0.2) is 58.9 Å². The molecule has 0 amide bonds. The summed E-state index contributed by atoms with van der Waals surface area (Å²) in [6, 6.07) is 17.1. The Hall–Kier alpha value is -2.86. The highest BCUT2D eigenvalue weighted by molar-refractivity contribution is 7.09. The molecular weight excluding hydrogens is 392 g/mol. The van der Waals surface area contributed by atoms with Crippen LogP contribution in [0.4, 0.5) is 0 Å². The molecule has 1 aromatic heterocycles. The molecule has 156 valence electrons. The van der Waals surface area contributed by atoms with Gasteiger partial charge in [-0.05, 0) is 35.6 Å². The number of aromatic nitrogens is 1. The second-order valence-corrected chi connectivity index (χ2v) is 8.30. The molecule has 2 heterocycles. The third-order valence-electron chi connectivity index (χ3n) is 5.19. The third-order valence-corrected chi connectivity index (χ3v) is 6.15. The molecule has 0 spiro atoms. The van der Waals surface area contributed by atoms with Crippen molar-refractivity contribution in [3.8, 4) is 5.75 Å². The first kappa shape index (κ1) is 20.4. The number of thiazole rings is 1. The second kappa shape index (κ2) is 10.3. The average Bonchev–Trinajstić information content (AvgIpc) is 3.44. The number of nitrogens with zero attached hydrogens (tertiary/aromatic N) is 2. The Morgan fingerprint density at radius 1 is 1.07 bits per heavy atom. The van der Waals surface area contributed by atoms with Gasteiger partial charge in [-0.3, -0.25) is 4.99 Å². The van der Waals surface area contributed by atoms with Crippen LogP contribution >= 0.6 is 11.3 Å². The first-order chi connectivity index (χ1) is 14.8. The average molecular weight is 421 g/mol. The lowest BCUT2D eigenvalue weighted by Gasteiger charge is -2.11. The fourth-order valence-electron chi connectivity index (χ4n) is 3.56. The molecule has 30 heavy (non-hydrogen) atoms. The van der Waals surface area contributed by atoms with Crippen molar-refractivity contribution < 1.29 is 4.74 Å².